The van der Waals surface area contributed by atoms with Gasteiger partial charge in [0.25, 0.3) is 0 Å². The summed E-state index contributed by atoms with van der Waals surface area (Å²) in [6.45, 7) is 1.82. The van der Waals surface area contributed by atoms with Crippen molar-refractivity contribution in [3.8, 4) is 11.4 Å². The lowest BCUT2D eigenvalue weighted by atomic mass is 10.2. The standard InChI is InChI=1S/C22H21N7O3S2/c1-14-25-27-21(34-14)24-20(31)13-33-22-28-26-18(29(22)16-8-4-3-5-9-16)12-19(30)23-15-7-6-10-17(11-15)32-2/h3-11H,12-13H2,1-2H3,(H,23,30)(H,24,27,31). The van der Waals surface area contributed by atoms with Crippen LogP contribution in [0.3, 0.4) is 0 Å². The SMILES string of the molecule is COc1cccc(NC(=O)Cc2nnc(SCC(=O)Nc3nnc(C)s3)n2-c2ccccc2)c1. The molecule has 0 unspecified atom stereocenters. The number of rotatable bonds is 9. The number of hydrogen-bond acceptors (Lipinski definition) is 9. The van der Waals surface area contributed by atoms with Crippen molar-refractivity contribution in [3.05, 3.63) is 65.4 Å². The molecule has 0 fully saturated rings. The third kappa shape index (κ3) is 5.97. The molecule has 10 nitrogen and oxygen atoms in total. The van der Waals surface area contributed by atoms with Gasteiger partial charge in [-0.1, -0.05) is 47.4 Å². The van der Waals surface area contributed by atoms with Gasteiger partial charge in [-0.25, -0.2) is 0 Å². The van der Waals surface area contributed by atoms with Gasteiger partial charge in [0.15, 0.2) is 5.16 Å². The summed E-state index contributed by atoms with van der Waals surface area (Å²) < 4.78 is 6.98. The second-order valence-corrected chi connectivity index (χ2v) is 9.11. The Balaban J connectivity index is 1.49. The summed E-state index contributed by atoms with van der Waals surface area (Å²) in [4.78, 5) is 25.1. The average molecular weight is 496 g/mol. The number of carbonyl (C=O) groups excluding carboxylic acids is 2. The van der Waals surface area contributed by atoms with Gasteiger partial charge < -0.3 is 10.1 Å². The first kappa shape index (κ1) is 23.4. The molecule has 34 heavy (non-hydrogen) atoms. The van der Waals surface area contributed by atoms with Gasteiger partial charge >= 0.3 is 0 Å². The van der Waals surface area contributed by atoms with Crippen molar-refractivity contribution in [2.75, 3.05) is 23.5 Å². The largest absolute Gasteiger partial charge is 0.497 e. The van der Waals surface area contributed by atoms with E-state index in [9.17, 15) is 9.59 Å². The number of hydrogen-bond donors (Lipinski definition) is 2. The molecule has 2 aromatic heterocycles. The maximum atomic E-state index is 12.7. The molecule has 4 rings (SSSR count). The third-order valence-corrected chi connectivity index (χ3v) is 6.17. The van der Waals surface area contributed by atoms with Gasteiger partial charge in [-0.3, -0.25) is 19.5 Å². The predicted molar refractivity (Wildman–Crippen MR) is 131 cm³/mol. The Labute approximate surface area is 203 Å². The van der Waals surface area contributed by atoms with E-state index >= 15 is 0 Å². The number of carbonyl (C=O) groups is 2. The van der Waals surface area contributed by atoms with Crippen LogP contribution >= 0.6 is 23.1 Å². The Kier molecular flexibility index (Phi) is 7.50. The van der Waals surface area contributed by atoms with E-state index < -0.39 is 0 Å². The van der Waals surface area contributed by atoms with Crippen molar-refractivity contribution in [3.63, 3.8) is 0 Å². The highest BCUT2D eigenvalue weighted by Crippen LogP contribution is 2.24. The zero-order chi connectivity index (χ0) is 23.9. The molecule has 0 aliphatic carbocycles. The monoisotopic (exact) mass is 495 g/mol. The van der Waals surface area contributed by atoms with Gasteiger partial charge in [0, 0.05) is 17.4 Å². The molecule has 0 bridgehead atoms. The number of amides is 2. The summed E-state index contributed by atoms with van der Waals surface area (Å²) in [5.74, 6) is 0.708. The molecule has 0 saturated carbocycles. The molecule has 2 amide bonds. The van der Waals surface area contributed by atoms with Gasteiger partial charge in [-0.15, -0.1) is 20.4 Å². The molecule has 0 atom stereocenters. The first-order valence-electron chi connectivity index (χ1n) is 10.2. The Morgan fingerprint density at radius 1 is 1.00 bits per heavy atom. The van der Waals surface area contributed by atoms with E-state index in [1.165, 1.54) is 23.1 Å². The molecule has 4 aromatic rings. The number of thioether (sulfide) groups is 1. The highest BCUT2D eigenvalue weighted by molar-refractivity contribution is 7.99. The number of benzene rings is 2. The van der Waals surface area contributed by atoms with Crippen LogP contribution < -0.4 is 15.4 Å². The second-order valence-electron chi connectivity index (χ2n) is 6.99. The number of nitrogens with zero attached hydrogens (tertiary/aromatic N) is 5. The smallest absolute Gasteiger partial charge is 0.236 e. The summed E-state index contributed by atoms with van der Waals surface area (Å²) in [5, 5.41) is 23.5. The van der Waals surface area contributed by atoms with E-state index in [1.54, 1.807) is 35.9 Å². The molecule has 0 spiro atoms. The quantitative estimate of drug-likeness (QED) is 0.339. The number of ether oxygens (including phenoxy) is 1. The fraction of sp³-hybridized carbons (Fsp3) is 0.182. The second kappa shape index (κ2) is 10.9. The molecule has 2 heterocycles. The topological polar surface area (TPSA) is 124 Å². The van der Waals surface area contributed by atoms with E-state index in [1.807, 2.05) is 37.3 Å². The fourth-order valence-corrected chi connectivity index (χ4v) is 4.41. The zero-order valence-corrected chi connectivity index (χ0v) is 20.0. The van der Waals surface area contributed by atoms with Gasteiger partial charge in [0.05, 0.1) is 19.3 Å². The normalized spacial score (nSPS) is 10.6. The number of para-hydroxylation sites is 1. The molecular weight excluding hydrogens is 474 g/mol. The van der Waals surface area contributed by atoms with Gasteiger partial charge in [-0.2, -0.15) is 0 Å². The van der Waals surface area contributed by atoms with Crippen molar-refractivity contribution in [2.45, 2.75) is 18.5 Å². The van der Waals surface area contributed by atoms with Crippen molar-refractivity contribution in [2.24, 2.45) is 0 Å². The first-order chi connectivity index (χ1) is 16.5. The lowest BCUT2D eigenvalue weighted by molar-refractivity contribution is -0.116. The lowest BCUT2D eigenvalue weighted by Gasteiger charge is -2.11. The summed E-state index contributed by atoms with van der Waals surface area (Å²) in [7, 11) is 1.57. The van der Waals surface area contributed by atoms with Crippen molar-refractivity contribution in [1.82, 2.24) is 25.0 Å². The van der Waals surface area contributed by atoms with Crippen molar-refractivity contribution in [1.29, 1.82) is 0 Å². The molecule has 0 aliphatic rings. The molecule has 2 N–H and O–H groups in total. The average Bonchev–Trinajstić information content (AvgIpc) is 3.43. The highest BCUT2D eigenvalue weighted by atomic mass is 32.2. The Hall–Kier alpha value is -3.77. The van der Waals surface area contributed by atoms with Crippen LogP contribution in [0.15, 0.2) is 59.8 Å². The van der Waals surface area contributed by atoms with Crippen molar-refractivity contribution < 1.29 is 14.3 Å². The number of aryl methyl sites for hydroxylation is 1. The maximum Gasteiger partial charge on any atom is 0.236 e. The Morgan fingerprint density at radius 3 is 2.56 bits per heavy atom. The van der Waals surface area contributed by atoms with Crippen LogP contribution in [0.2, 0.25) is 0 Å². The van der Waals surface area contributed by atoms with Crippen LogP contribution in [-0.4, -0.2) is 49.6 Å². The van der Waals surface area contributed by atoms with Crippen LogP contribution in [0.4, 0.5) is 10.8 Å². The van der Waals surface area contributed by atoms with Crippen molar-refractivity contribution >= 4 is 45.7 Å². The predicted octanol–water partition coefficient (Wildman–Crippen LogP) is 3.35. The number of aromatic nitrogens is 5. The number of anilines is 2. The Bertz CT molecular complexity index is 1290. The van der Waals surface area contributed by atoms with Gasteiger partial charge in [-0.05, 0) is 31.2 Å². The van der Waals surface area contributed by atoms with Crippen LogP contribution in [-0.2, 0) is 16.0 Å². The summed E-state index contributed by atoms with van der Waals surface area (Å²) in [5.41, 5.74) is 1.41. The third-order valence-electron chi connectivity index (χ3n) is 4.49. The fourth-order valence-electron chi connectivity index (χ4n) is 3.03. The van der Waals surface area contributed by atoms with Gasteiger partial charge in [0.2, 0.25) is 16.9 Å². The highest BCUT2D eigenvalue weighted by Gasteiger charge is 2.19. The molecule has 174 valence electrons. The van der Waals surface area contributed by atoms with E-state index in [2.05, 4.69) is 31.0 Å². The Morgan fingerprint density at radius 2 is 1.82 bits per heavy atom. The minimum atomic E-state index is -0.251. The minimum Gasteiger partial charge on any atom is -0.497 e. The lowest BCUT2D eigenvalue weighted by Crippen LogP contribution is -2.18. The molecule has 2 aromatic carbocycles. The summed E-state index contributed by atoms with van der Waals surface area (Å²) >= 11 is 2.52. The summed E-state index contributed by atoms with van der Waals surface area (Å²) in [6.07, 6.45) is -0.00405. The molecular formula is C22H21N7O3S2. The van der Waals surface area contributed by atoms with Crippen LogP contribution in [0, 0.1) is 6.92 Å². The van der Waals surface area contributed by atoms with Crippen LogP contribution in [0.1, 0.15) is 10.8 Å². The maximum absolute atomic E-state index is 12.7. The molecule has 0 radical (unpaired) electrons. The zero-order valence-electron chi connectivity index (χ0n) is 18.4. The van der Waals surface area contributed by atoms with Crippen LogP contribution in [0.25, 0.3) is 5.69 Å². The van der Waals surface area contributed by atoms with Crippen LogP contribution in [0.5, 0.6) is 5.75 Å². The molecule has 0 aliphatic heterocycles. The molecule has 0 saturated heterocycles. The number of methoxy groups -OCH3 is 1. The minimum absolute atomic E-state index is 0.00405. The summed E-state index contributed by atoms with van der Waals surface area (Å²) in [6, 6.07) is 16.6. The van der Waals surface area contributed by atoms with E-state index in [-0.39, 0.29) is 24.0 Å². The van der Waals surface area contributed by atoms with E-state index in [4.69, 9.17) is 4.74 Å². The molecule has 12 heteroatoms. The van der Waals surface area contributed by atoms with Gasteiger partial charge in [0.1, 0.15) is 16.6 Å². The van der Waals surface area contributed by atoms with E-state index in [0.29, 0.717) is 27.5 Å². The van der Waals surface area contributed by atoms with E-state index in [0.717, 1.165) is 10.7 Å². The first-order valence-corrected chi connectivity index (χ1v) is 12.0. The number of nitrogens with one attached hydrogen (secondary N) is 2.